The Balaban J connectivity index is 2.41. The molecule has 5 heteroatoms. The van der Waals surface area contributed by atoms with Crippen molar-refractivity contribution in [3.8, 4) is 11.3 Å². The van der Waals surface area contributed by atoms with Crippen molar-refractivity contribution in [2.75, 3.05) is 0 Å². The maximum atomic E-state index is 11.5. The molecule has 0 atom stereocenters. The lowest BCUT2D eigenvalue weighted by Gasteiger charge is -2.09. The highest BCUT2D eigenvalue weighted by Crippen LogP contribution is 2.33. The van der Waals surface area contributed by atoms with Gasteiger partial charge in [-0.05, 0) is 18.2 Å². The van der Waals surface area contributed by atoms with Gasteiger partial charge in [0.1, 0.15) is 0 Å². The highest BCUT2D eigenvalue weighted by atomic mass is 35.5. The molecule has 0 amide bonds. The highest BCUT2D eigenvalue weighted by Gasteiger charge is 2.17. The fourth-order valence-corrected chi connectivity index (χ4v) is 2.65. The number of pyridine rings is 1. The van der Waals surface area contributed by atoms with Gasteiger partial charge in [-0.1, -0.05) is 53.5 Å². The van der Waals surface area contributed by atoms with Crippen LogP contribution in [0.25, 0.3) is 22.2 Å². The van der Waals surface area contributed by atoms with Crippen molar-refractivity contribution >= 4 is 40.1 Å². The van der Waals surface area contributed by atoms with Crippen molar-refractivity contribution in [3.63, 3.8) is 0 Å². The van der Waals surface area contributed by atoms with Crippen LogP contribution in [0, 0.1) is 0 Å². The summed E-state index contributed by atoms with van der Waals surface area (Å²) in [7, 11) is 0. The molecular weight excluding hydrogens is 309 g/mol. The minimum Gasteiger partial charge on any atom is -0.478 e. The fourth-order valence-electron chi connectivity index (χ4n) is 2.19. The average molecular weight is 318 g/mol. The summed E-state index contributed by atoms with van der Waals surface area (Å²) in [5, 5.41) is 10.5. The monoisotopic (exact) mass is 317 g/mol. The SMILES string of the molecule is O=C(O)c1cc(-c2ccccc2)nc2c(Cl)ccc(Cl)c12. The minimum absolute atomic E-state index is 0.0892. The van der Waals surface area contributed by atoms with Crippen LogP contribution < -0.4 is 0 Å². The molecule has 2 aromatic carbocycles. The molecule has 1 heterocycles. The number of hydrogen-bond donors (Lipinski definition) is 1. The van der Waals surface area contributed by atoms with E-state index in [0.29, 0.717) is 26.6 Å². The van der Waals surface area contributed by atoms with E-state index in [1.807, 2.05) is 30.3 Å². The number of rotatable bonds is 2. The van der Waals surface area contributed by atoms with Gasteiger partial charge in [-0.2, -0.15) is 0 Å². The van der Waals surface area contributed by atoms with Gasteiger partial charge < -0.3 is 5.11 Å². The van der Waals surface area contributed by atoms with Gasteiger partial charge in [0.25, 0.3) is 0 Å². The van der Waals surface area contributed by atoms with Gasteiger partial charge in [0.05, 0.1) is 26.8 Å². The van der Waals surface area contributed by atoms with E-state index in [-0.39, 0.29) is 5.56 Å². The number of benzene rings is 2. The third-order valence-corrected chi connectivity index (χ3v) is 3.78. The van der Waals surface area contributed by atoms with E-state index in [9.17, 15) is 9.90 Å². The molecule has 0 aliphatic rings. The van der Waals surface area contributed by atoms with Crippen LogP contribution in [0.3, 0.4) is 0 Å². The van der Waals surface area contributed by atoms with E-state index in [1.165, 1.54) is 6.07 Å². The Labute approximate surface area is 130 Å². The third kappa shape index (κ3) is 2.46. The number of halogens is 2. The molecule has 0 fully saturated rings. The fraction of sp³-hybridized carbons (Fsp3) is 0. The van der Waals surface area contributed by atoms with E-state index in [4.69, 9.17) is 23.2 Å². The molecule has 0 spiro atoms. The summed E-state index contributed by atoms with van der Waals surface area (Å²) in [5.74, 6) is -1.07. The van der Waals surface area contributed by atoms with Gasteiger partial charge in [0.2, 0.25) is 0 Å². The van der Waals surface area contributed by atoms with Gasteiger partial charge in [-0.25, -0.2) is 9.78 Å². The first kappa shape index (κ1) is 13.9. The molecular formula is C16H9Cl2NO2. The molecule has 0 radical (unpaired) electrons. The predicted molar refractivity (Wildman–Crippen MR) is 84.2 cm³/mol. The second-order valence-electron chi connectivity index (χ2n) is 4.48. The van der Waals surface area contributed by atoms with Crippen LogP contribution in [0.15, 0.2) is 48.5 Å². The zero-order valence-electron chi connectivity index (χ0n) is 10.7. The Morgan fingerprint density at radius 2 is 1.67 bits per heavy atom. The van der Waals surface area contributed by atoms with E-state index in [2.05, 4.69) is 4.98 Å². The molecule has 0 aliphatic carbocycles. The predicted octanol–water partition coefficient (Wildman–Crippen LogP) is 4.91. The summed E-state index contributed by atoms with van der Waals surface area (Å²) in [4.78, 5) is 16.0. The molecule has 1 N–H and O–H groups in total. The van der Waals surface area contributed by atoms with E-state index >= 15 is 0 Å². The first-order valence-electron chi connectivity index (χ1n) is 6.15. The molecule has 0 unspecified atom stereocenters. The molecule has 104 valence electrons. The van der Waals surface area contributed by atoms with Crippen molar-refractivity contribution in [2.24, 2.45) is 0 Å². The molecule has 0 bridgehead atoms. The first-order chi connectivity index (χ1) is 10.1. The Hall–Kier alpha value is -2.10. The van der Waals surface area contributed by atoms with Crippen LogP contribution >= 0.6 is 23.2 Å². The number of aromatic carboxylic acids is 1. The molecule has 0 saturated heterocycles. The summed E-state index contributed by atoms with van der Waals surface area (Å²) in [5.41, 5.74) is 1.84. The summed E-state index contributed by atoms with van der Waals surface area (Å²) >= 11 is 12.3. The van der Waals surface area contributed by atoms with E-state index in [1.54, 1.807) is 12.1 Å². The normalized spacial score (nSPS) is 10.8. The number of nitrogens with zero attached hydrogens (tertiary/aromatic N) is 1. The highest BCUT2D eigenvalue weighted by molar-refractivity contribution is 6.41. The second-order valence-corrected chi connectivity index (χ2v) is 5.29. The van der Waals surface area contributed by atoms with Gasteiger partial charge in [0.15, 0.2) is 0 Å². The summed E-state index contributed by atoms with van der Waals surface area (Å²) < 4.78 is 0. The quantitative estimate of drug-likeness (QED) is 0.730. The standard InChI is InChI=1S/C16H9Cl2NO2/c17-11-6-7-12(18)15-14(11)10(16(20)21)8-13(19-15)9-4-2-1-3-5-9/h1-8H,(H,20,21). The lowest BCUT2D eigenvalue weighted by atomic mass is 10.0. The molecule has 21 heavy (non-hydrogen) atoms. The smallest absolute Gasteiger partial charge is 0.336 e. The van der Waals surface area contributed by atoms with Crippen molar-refractivity contribution in [1.82, 2.24) is 4.98 Å². The first-order valence-corrected chi connectivity index (χ1v) is 6.91. The van der Waals surface area contributed by atoms with Crippen molar-refractivity contribution in [3.05, 3.63) is 64.1 Å². The largest absolute Gasteiger partial charge is 0.478 e. The van der Waals surface area contributed by atoms with Crippen molar-refractivity contribution < 1.29 is 9.90 Å². The Bertz CT molecular complexity index is 848. The van der Waals surface area contributed by atoms with E-state index in [0.717, 1.165) is 5.56 Å². The molecule has 0 aliphatic heterocycles. The Kier molecular flexibility index (Phi) is 3.53. The number of aromatic nitrogens is 1. The van der Waals surface area contributed by atoms with Gasteiger partial charge in [0, 0.05) is 10.9 Å². The molecule has 0 saturated carbocycles. The zero-order valence-corrected chi connectivity index (χ0v) is 12.2. The molecule has 3 aromatic rings. The van der Waals surface area contributed by atoms with Crippen LogP contribution in [-0.2, 0) is 0 Å². The number of carboxylic acids is 1. The second kappa shape index (κ2) is 5.35. The molecule has 3 rings (SSSR count). The number of hydrogen-bond acceptors (Lipinski definition) is 2. The molecule has 3 nitrogen and oxygen atoms in total. The van der Waals surface area contributed by atoms with Crippen LogP contribution in [0.5, 0.6) is 0 Å². The molecule has 1 aromatic heterocycles. The average Bonchev–Trinajstić information content (AvgIpc) is 2.51. The topological polar surface area (TPSA) is 50.2 Å². The van der Waals surface area contributed by atoms with Crippen molar-refractivity contribution in [1.29, 1.82) is 0 Å². The van der Waals surface area contributed by atoms with Crippen molar-refractivity contribution in [2.45, 2.75) is 0 Å². The number of carboxylic acid groups (broad SMARTS) is 1. The number of fused-ring (bicyclic) bond motifs is 1. The van der Waals surface area contributed by atoms with Crippen LogP contribution in [-0.4, -0.2) is 16.1 Å². The van der Waals surface area contributed by atoms with Gasteiger partial charge in [-0.3, -0.25) is 0 Å². The van der Waals surface area contributed by atoms with Gasteiger partial charge in [-0.15, -0.1) is 0 Å². The Morgan fingerprint density at radius 1 is 1.00 bits per heavy atom. The van der Waals surface area contributed by atoms with Gasteiger partial charge >= 0.3 is 5.97 Å². The maximum Gasteiger partial charge on any atom is 0.336 e. The lowest BCUT2D eigenvalue weighted by Crippen LogP contribution is -2.01. The van der Waals surface area contributed by atoms with Crippen LogP contribution in [0.4, 0.5) is 0 Å². The third-order valence-electron chi connectivity index (χ3n) is 3.16. The van der Waals surface area contributed by atoms with Crippen LogP contribution in [0.1, 0.15) is 10.4 Å². The minimum atomic E-state index is -1.07. The summed E-state index contributed by atoms with van der Waals surface area (Å²) in [6, 6.07) is 14.0. The summed E-state index contributed by atoms with van der Waals surface area (Å²) in [6.07, 6.45) is 0. The van der Waals surface area contributed by atoms with Crippen LogP contribution in [0.2, 0.25) is 10.0 Å². The summed E-state index contributed by atoms with van der Waals surface area (Å²) in [6.45, 7) is 0. The van der Waals surface area contributed by atoms with E-state index < -0.39 is 5.97 Å². The Morgan fingerprint density at radius 3 is 2.33 bits per heavy atom. The number of carbonyl (C=O) groups is 1. The zero-order chi connectivity index (χ0) is 15.0. The maximum absolute atomic E-state index is 11.5. The lowest BCUT2D eigenvalue weighted by molar-refractivity contribution is 0.0699.